The van der Waals surface area contributed by atoms with Crippen LogP contribution in [-0.4, -0.2) is 34.2 Å². The number of nitrogens with zero attached hydrogens (tertiary/aromatic N) is 4. The molecule has 1 aromatic heterocycles. The fourth-order valence-electron chi connectivity index (χ4n) is 2.59. The number of hydrogen-bond acceptors (Lipinski definition) is 3. The Balaban J connectivity index is 2.06. The van der Waals surface area contributed by atoms with E-state index in [4.69, 9.17) is 16.9 Å². The molecule has 3 aromatic rings. The first kappa shape index (κ1) is 17.7. The van der Waals surface area contributed by atoms with Gasteiger partial charge in [-0.3, -0.25) is 4.79 Å². The van der Waals surface area contributed by atoms with Crippen molar-refractivity contribution >= 4 is 17.5 Å². The van der Waals surface area contributed by atoms with Crippen molar-refractivity contribution in [3.63, 3.8) is 0 Å². The van der Waals surface area contributed by atoms with Crippen molar-refractivity contribution in [2.45, 2.75) is 6.42 Å². The molecule has 6 heteroatoms. The summed E-state index contributed by atoms with van der Waals surface area (Å²) in [5.74, 6) is -0.174. The molecule has 0 aliphatic rings. The molecule has 130 valence electrons. The third kappa shape index (κ3) is 3.76. The molecular weight excluding hydrogens is 348 g/mol. The zero-order valence-electron chi connectivity index (χ0n) is 14.3. The summed E-state index contributed by atoms with van der Waals surface area (Å²) in [7, 11) is 1.69. The first-order valence-corrected chi connectivity index (χ1v) is 8.51. The lowest BCUT2D eigenvalue weighted by atomic mass is 10.1. The largest absolute Gasteiger partial charge is 0.341 e. The maximum atomic E-state index is 12.9. The van der Waals surface area contributed by atoms with Crippen molar-refractivity contribution in [2.75, 3.05) is 13.6 Å². The monoisotopic (exact) mass is 364 g/mol. The summed E-state index contributed by atoms with van der Waals surface area (Å²) in [6.07, 6.45) is 2.01. The number of hydrogen-bond donors (Lipinski definition) is 0. The Bertz CT molecular complexity index is 942. The highest BCUT2D eigenvalue weighted by Gasteiger charge is 2.21. The van der Waals surface area contributed by atoms with Gasteiger partial charge in [0, 0.05) is 30.4 Å². The standard InChI is InChI=1S/C20H17ClN4O/c1-24(13-5-12-22)20(26)18-14-25(17-6-3-2-4-7-17)23-19(18)15-8-10-16(21)11-9-15/h2-4,6-11,14H,5,13H2,1H3. The molecular formula is C20H17ClN4O. The lowest BCUT2D eigenvalue weighted by Crippen LogP contribution is -2.27. The first-order valence-electron chi connectivity index (χ1n) is 8.13. The quantitative estimate of drug-likeness (QED) is 0.682. The molecule has 0 bridgehead atoms. The maximum absolute atomic E-state index is 12.9. The number of benzene rings is 2. The van der Waals surface area contributed by atoms with Gasteiger partial charge in [-0.05, 0) is 24.3 Å². The van der Waals surface area contributed by atoms with E-state index in [9.17, 15) is 4.79 Å². The van der Waals surface area contributed by atoms with Crippen molar-refractivity contribution in [1.82, 2.24) is 14.7 Å². The van der Waals surface area contributed by atoms with Gasteiger partial charge in [-0.15, -0.1) is 0 Å². The number of aromatic nitrogens is 2. The van der Waals surface area contributed by atoms with Crippen LogP contribution < -0.4 is 0 Å². The molecule has 0 spiro atoms. The fraction of sp³-hybridized carbons (Fsp3) is 0.150. The van der Waals surface area contributed by atoms with Crippen molar-refractivity contribution in [1.29, 1.82) is 5.26 Å². The lowest BCUT2D eigenvalue weighted by Gasteiger charge is -2.15. The molecule has 5 nitrogen and oxygen atoms in total. The molecule has 2 aromatic carbocycles. The summed E-state index contributed by atoms with van der Waals surface area (Å²) >= 11 is 5.98. The predicted molar refractivity (Wildman–Crippen MR) is 101 cm³/mol. The summed E-state index contributed by atoms with van der Waals surface area (Å²) in [5.41, 5.74) is 2.73. The number of nitriles is 1. The average Bonchev–Trinajstić information content (AvgIpc) is 3.12. The van der Waals surface area contributed by atoms with Crippen molar-refractivity contribution in [3.05, 3.63) is 71.4 Å². The third-order valence-corrected chi connectivity index (χ3v) is 4.24. The number of rotatable bonds is 5. The average molecular weight is 365 g/mol. The summed E-state index contributed by atoms with van der Waals surface area (Å²) in [4.78, 5) is 14.4. The smallest absolute Gasteiger partial charge is 0.257 e. The second-order valence-corrected chi connectivity index (χ2v) is 6.25. The summed E-state index contributed by atoms with van der Waals surface area (Å²) in [5, 5.41) is 14.0. The molecule has 0 N–H and O–H groups in total. The highest BCUT2D eigenvalue weighted by atomic mass is 35.5. The van der Waals surface area contributed by atoms with Crippen molar-refractivity contribution in [2.24, 2.45) is 0 Å². The fourth-order valence-corrected chi connectivity index (χ4v) is 2.72. The van der Waals surface area contributed by atoms with Gasteiger partial charge in [0.25, 0.3) is 5.91 Å². The van der Waals surface area contributed by atoms with E-state index < -0.39 is 0 Å². The van der Waals surface area contributed by atoms with Crippen LogP contribution in [0, 0.1) is 11.3 Å². The van der Waals surface area contributed by atoms with Gasteiger partial charge in [-0.2, -0.15) is 10.4 Å². The van der Waals surface area contributed by atoms with E-state index in [-0.39, 0.29) is 12.3 Å². The molecule has 1 heterocycles. The van der Waals surface area contributed by atoms with E-state index in [1.54, 1.807) is 30.1 Å². The molecule has 0 aliphatic carbocycles. The van der Waals surface area contributed by atoms with E-state index >= 15 is 0 Å². The van der Waals surface area contributed by atoms with Gasteiger partial charge in [0.15, 0.2) is 0 Å². The molecule has 0 radical (unpaired) electrons. The summed E-state index contributed by atoms with van der Waals surface area (Å²) < 4.78 is 1.69. The van der Waals surface area contributed by atoms with Gasteiger partial charge < -0.3 is 4.90 Å². The molecule has 3 rings (SSSR count). The number of amides is 1. The van der Waals surface area contributed by atoms with Crippen LogP contribution in [0.5, 0.6) is 0 Å². The topological polar surface area (TPSA) is 61.9 Å². The minimum Gasteiger partial charge on any atom is -0.341 e. The number of halogens is 1. The van der Waals surface area contributed by atoms with E-state index in [2.05, 4.69) is 11.2 Å². The van der Waals surface area contributed by atoms with Crippen LogP contribution in [0.3, 0.4) is 0 Å². The Morgan fingerprint density at radius 1 is 1.19 bits per heavy atom. The van der Waals surface area contributed by atoms with Crippen LogP contribution in [-0.2, 0) is 0 Å². The summed E-state index contributed by atoms with van der Waals surface area (Å²) in [6, 6.07) is 18.9. The molecule has 1 amide bonds. The molecule has 0 saturated carbocycles. The molecule has 0 fully saturated rings. The zero-order chi connectivity index (χ0) is 18.5. The Morgan fingerprint density at radius 2 is 1.88 bits per heavy atom. The van der Waals surface area contributed by atoms with Crippen LogP contribution in [0.4, 0.5) is 0 Å². The molecule has 26 heavy (non-hydrogen) atoms. The maximum Gasteiger partial charge on any atom is 0.257 e. The Morgan fingerprint density at radius 3 is 2.54 bits per heavy atom. The number of carbonyl (C=O) groups is 1. The van der Waals surface area contributed by atoms with Crippen LogP contribution in [0.2, 0.25) is 5.02 Å². The van der Waals surface area contributed by atoms with Crippen LogP contribution in [0.25, 0.3) is 16.9 Å². The lowest BCUT2D eigenvalue weighted by molar-refractivity contribution is 0.0798. The number of carbonyl (C=O) groups excluding carboxylic acids is 1. The van der Waals surface area contributed by atoms with Crippen LogP contribution >= 0.6 is 11.6 Å². The Kier molecular flexibility index (Phi) is 5.35. The van der Waals surface area contributed by atoms with Crippen LogP contribution in [0.15, 0.2) is 60.8 Å². The van der Waals surface area contributed by atoms with Gasteiger partial charge in [0.05, 0.1) is 23.7 Å². The first-order chi connectivity index (χ1) is 12.6. The number of para-hydroxylation sites is 1. The Labute approximate surface area is 157 Å². The second-order valence-electron chi connectivity index (χ2n) is 5.81. The van der Waals surface area contributed by atoms with E-state index in [1.165, 1.54) is 4.90 Å². The zero-order valence-corrected chi connectivity index (χ0v) is 15.0. The summed E-state index contributed by atoms with van der Waals surface area (Å²) in [6.45, 7) is 0.367. The predicted octanol–water partition coefficient (Wildman–Crippen LogP) is 4.18. The second kappa shape index (κ2) is 7.85. The van der Waals surface area contributed by atoms with Crippen molar-refractivity contribution in [3.8, 4) is 23.0 Å². The van der Waals surface area contributed by atoms with Crippen LogP contribution in [0.1, 0.15) is 16.8 Å². The Hall–Kier alpha value is -3.10. The minimum atomic E-state index is -0.174. The molecule has 0 atom stereocenters. The molecule has 0 aliphatic heterocycles. The van der Waals surface area contributed by atoms with Gasteiger partial charge >= 0.3 is 0 Å². The molecule has 0 saturated heterocycles. The van der Waals surface area contributed by atoms with Gasteiger partial charge in [-0.1, -0.05) is 41.9 Å². The van der Waals surface area contributed by atoms with E-state index in [1.807, 2.05) is 42.5 Å². The third-order valence-electron chi connectivity index (χ3n) is 3.99. The highest BCUT2D eigenvalue weighted by Crippen LogP contribution is 2.26. The van der Waals surface area contributed by atoms with Gasteiger partial charge in [0.1, 0.15) is 5.69 Å². The van der Waals surface area contributed by atoms with E-state index in [0.29, 0.717) is 22.8 Å². The van der Waals surface area contributed by atoms with Gasteiger partial charge in [0.2, 0.25) is 0 Å². The normalized spacial score (nSPS) is 10.3. The SMILES string of the molecule is CN(CCC#N)C(=O)c1cn(-c2ccccc2)nc1-c1ccc(Cl)cc1. The highest BCUT2D eigenvalue weighted by molar-refractivity contribution is 6.30. The molecule has 0 unspecified atom stereocenters. The minimum absolute atomic E-state index is 0.174. The van der Waals surface area contributed by atoms with Crippen molar-refractivity contribution < 1.29 is 4.79 Å². The van der Waals surface area contributed by atoms with Gasteiger partial charge in [-0.25, -0.2) is 4.68 Å². The van der Waals surface area contributed by atoms with E-state index in [0.717, 1.165) is 11.3 Å².